The molecule has 0 aliphatic rings. The quantitative estimate of drug-likeness (QED) is 0.793. The SMILES string of the molecule is Cc1ccc([C@H](C)NC(=O)c2nc[nH]c2C(=O)O)cc1. The van der Waals surface area contributed by atoms with Gasteiger partial charge in [0.2, 0.25) is 0 Å². The van der Waals surface area contributed by atoms with Crippen LogP contribution in [0.4, 0.5) is 0 Å². The summed E-state index contributed by atoms with van der Waals surface area (Å²) in [6, 6.07) is 7.51. The number of rotatable bonds is 4. The van der Waals surface area contributed by atoms with Crippen LogP contribution in [0.1, 0.15) is 45.1 Å². The highest BCUT2D eigenvalue weighted by molar-refractivity contribution is 6.02. The lowest BCUT2D eigenvalue weighted by molar-refractivity contribution is 0.0684. The van der Waals surface area contributed by atoms with Crippen LogP contribution in [0.3, 0.4) is 0 Å². The van der Waals surface area contributed by atoms with Gasteiger partial charge in [-0.25, -0.2) is 9.78 Å². The molecule has 2 aromatic rings. The van der Waals surface area contributed by atoms with Crippen LogP contribution in [0.2, 0.25) is 0 Å². The van der Waals surface area contributed by atoms with Crippen LogP contribution >= 0.6 is 0 Å². The third kappa shape index (κ3) is 2.85. The van der Waals surface area contributed by atoms with E-state index in [0.717, 1.165) is 11.1 Å². The van der Waals surface area contributed by atoms with E-state index >= 15 is 0 Å². The third-order valence-corrected chi connectivity index (χ3v) is 2.99. The highest BCUT2D eigenvalue weighted by Gasteiger charge is 2.21. The second-order valence-corrected chi connectivity index (χ2v) is 4.54. The summed E-state index contributed by atoms with van der Waals surface area (Å²) in [5.74, 6) is -1.73. The third-order valence-electron chi connectivity index (χ3n) is 2.99. The Balaban J connectivity index is 2.13. The number of hydrogen-bond acceptors (Lipinski definition) is 3. The fourth-order valence-corrected chi connectivity index (χ4v) is 1.83. The first-order valence-electron chi connectivity index (χ1n) is 6.13. The smallest absolute Gasteiger partial charge is 0.354 e. The molecule has 3 N–H and O–H groups in total. The van der Waals surface area contributed by atoms with Crippen molar-refractivity contribution in [2.75, 3.05) is 0 Å². The number of carboxylic acid groups (broad SMARTS) is 1. The number of nitrogens with one attached hydrogen (secondary N) is 2. The van der Waals surface area contributed by atoms with Crippen LogP contribution in [0.25, 0.3) is 0 Å². The molecule has 0 bridgehead atoms. The molecule has 2 rings (SSSR count). The highest BCUT2D eigenvalue weighted by atomic mass is 16.4. The van der Waals surface area contributed by atoms with Crippen molar-refractivity contribution in [1.82, 2.24) is 15.3 Å². The number of carbonyl (C=O) groups excluding carboxylic acids is 1. The average Bonchev–Trinajstić information content (AvgIpc) is 2.88. The van der Waals surface area contributed by atoms with Gasteiger partial charge in [0.25, 0.3) is 5.91 Å². The summed E-state index contributed by atoms with van der Waals surface area (Å²) in [6.45, 7) is 3.81. The molecule has 1 amide bonds. The summed E-state index contributed by atoms with van der Waals surface area (Å²) in [5, 5.41) is 11.7. The summed E-state index contributed by atoms with van der Waals surface area (Å²) in [7, 11) is 0. The molecule has 0 aliphatic carbocycles. The van der Waals surface area contributed by atoms with Crippen LogP contribution in [-0.2, 0) is 0 Å². The molecule has 104 valence electrons. The summed E-state index contributed by atoms with van der Waals surface area (Å²) < 4.78 is 0. The standard InChI is InChI=1S/C14H15N3O3/c1-8-3-5-10(6-4-8)9(2)17-13(18)11-12(14(19)20)16-7-15-11/h3-7,9H,1-2H3,(H,15,16)(H,17,18)(H,19,20)/t9-/m0/s1. The van der Waals surface area contributed by atoms with Gasteiger partial charge < -0.3 is 15.4 Å². The average molecular weight is 273 g/mol. The second kappa shape index (κ2) is 5.56. The van der Waals surface area contributed by atoms with Gasteiger partial charge in [-0.15, -0.1) is 0 Å². The van der Waals surface area contributed by atoms with Gasteiger partial charge >= 0.3 is 5.97 Å². The highest BCUT2D eigenvalue weighted by Crippen LogP contribution is 2.14. The van der Waals surface area contributed by atoms with Crippen LogP contribution in [-0.4, -0.2) is 27.0 Å². The molecule has 6 heteroatoms. The number of amides is 1. The van der Waals surface area contributed by atoms with Crippen molar-refractivity contribution in [2.24, 2.45) is 0 Å². The monoisotopic (exact) mass is 273 g/mol. The Morgan fingerprint density at radius 1 is 1.30 bits per heavy atom. The van der Waals surface area contributed by atoms with Crippen molar-refractivity contribution in [2.45, 2.75) is 19.9 Å². The normalized spacial score (nSPS) is 11.9. The molecular weight excluding hydrogens is 258 g/mol. The van der Waals surface area contributed by atoms with Crippen LogP contribution in [0.15, 0.2) is 30.6 Å². The number of aromatic amines is 1. The largest absolute Gasteiger partial charge is 0.477 e. The predicted octanol–water partition coefficient (Wildman–Crippen LogP) is 1.91. The van der Waals surface area contributed by atoms with Crippen molar-refractivity contribution in [3.63, 3.8) is 0 Å². The van der Waals surface area contributed by atoms with E-state index in [1.807, 2.05) is 38.1 Å². The Hall–Kier alpha value is -2.63. The first-order valence-corrected chi connectivity index (χ1v) is 6.13. The zero-order valence-electron chi connectivity index (χ0n) is 11.2. The Bertz CT molecular complexity index is 631. The fraction of sp³-hybridized carbons (Fsp3) is 0.214. The van der Waals surface area contributed by atoms with Crippen molar-refractivity contribution in [3.05, 3.63) is 53.1 Å². The van der Waals surface area contributed by atoms with Gasteiger partial charge in [0, 0.05) is 0 Å². The van der Waals surface area contributed by atoms with Gasteiger partial charge in [0.15, 0.2) is 11.4 Å². The van der Waals surface area contributed by atoms with E-state index < -0.39 is 11.9 Å². The molecule has 1 aromatic carbocycles. The molecule has 0 unspecified atom stereocenters. The number of aromatic nitrogens is 2. The number of carbonyl (C=O) groups is 2. The lowest BCUT2D eigenvalue weighted by Crippen LogP contribution is -2.28. The Morgan fingerprint density at radius 2 is 1.95 bits per heavy atom. The van der Waals surface area contributed by atoms with Crippen LogP contribution in [0, 0.1) is 6.92 Å². The summed E-state index contributed by atoms with van der Waals surface area (Å²) in [4.78, 5) is 29.1. The van der Waals surface area contributed by atoms with E-state index in [1.54, 1.807) is 0 Å². The van der Waals surface area contributed by atoms with Crippen LogP contribution < -0.4 is 5.32 Å². The number of aryl methyl sites for hydroxylation is 1. The zero-order valence-corrected chi connectivity index (χ0v) is 11.2. The molecule has 0 saturated carbocycles. The Morgan fingerprint density at radius 3 is 2.55 bits per heavy atom. The van der Waals surface area contributed by atoms with E-state index in [9.17, 15) is 9.59 Å². The minimum Gasteiger partial charge on any atom is -0.477 e. The number of nitrogens with zero attached hydrogens (tertiary/aromatic N) is 1. The van der Waals surface area contributed by atoms with Gasteiger partial charge in [-0.1, -0.05) is 29.8 Å². The van der Waals surface area contributed by atoms with E-state index in [0.29, 0.717) is 0 Å². The van der Waals surface area contributed by atoms with Gasteiger partial charge in [-0.05, 0) is 19.4 Å². The molecular formula is C14H15N3O3. The number of carboxylic acids is 1. The van der Waals surface area contributed by atoms with Gasteiger partial charge in [-0.2, -0.15) is 0 Å². The van der Waals surface area contributed by atoms with E-state index in [1.165, 1.54) is 6.33 Å². The first kappa shape index (κ1) is 13.8. The van der Waals surface area contributed by atoms with Crippen molar-refractivity contribution in [1.29, 1.82) is 0 Å². The molecule has 0 spiro atoms. The lowest BCUT2D eigenvalue weighted by Gasteiger charge is -2.14. The molecule has 0 fully saturated rings. The van der Waals surface area contributed by atoms with Gasteiger partial charge in [-0.3, -0.25) is 4.79 Å². The minimum atomic E-state index is -1.21. The first-order chi connectivity index (χ1) is 9.49. The number of benzene rings is 1. The maximum Gasteiger partial charge on any atom is 0.354 e. The molecule has 0 aliphatic heterocycles. The van der Waals surface area contributed by atoms with Crippen molar-refractivity contribution >= 4 is 11.9 Å². The molecule has 1 heterocycles. The zero-order chi connectivity index (χ0) is 14.7. The van der Waals surface area contributed by atoms with Gasteiger partial charge in [0.1, 0.15) is 0 Å². The van der Waals surface area contributed by atoms with E-state index in [2.05, 4.69) is 15.3 Å². The van der Waals surface area contributed by atoms with E-state index in [-0.39, 0.29) is 17.4 Å². The summed E-state index contributed by atoms with van der Waals surface area (Å²) in [6.07, 6.45) is 1.19. The second-order valence-electron chi connectivity index (χ2n) is 4.54. The molecule has 1 atom stereocenters. The number of hydrogen-bond donors (Lipinski definition) is 3. The topological polar surface area (TPSA) is 95.1 Å². The minimum absolute atomic E-state index is 0.114. The molecule has 6 nitrogen and oxygen atoms in total. The maximum absolute atomic E-state index is 12.0. The van der Waals surface area contributed by atoms with E-state index in [4.69, 9.17) is 5.11 Å². The lowest BCUT2D eigenvalue weighted by atomic mass is 10.1. The molecule has 0 saturated heterocycles. The predicted molar refractivity (Wildman–Crippen MR) is 72.6 cm³/mol. The number of imidazole rings is 1. The maximum atomic E-state index is 12.0. The van der Waals surface area contributed by atoms with Crippen molar-refractivity contribution in [3.8, 4) is 0 Å². The van der Waals surface area contributed by atoms with Gasteiger partial charge in [0.05, 0.1) is 12.4 Å². The Labute approximate surface area is 115 Å². The van der Waals surface area contributed by atoms with Crippen molar-refractivity contribution < 1.29 is 14.7 Å². The molecule has 20 heavy (non-hydrogen) atoms. The molecule has 1 aromatic heterocycles. The van der Waals surface area contributed by atoms with Crippen LogP contribution in [0.5, 0.6) is 0 Å². The number of aromatic carboxylic acids is 1. The fourth-order valence-electron chi connectivity index (χ4n) is 1.83. The Kier molecular flexibility index (Phi) is 3.84. The number of H-pyrrole nitrogens is 1. The molecule has 0 radical (unpaired) electrons. The summed E-state index contributed by atoms with van der Waals surface area (Å²) in [5.41, 5.74) is 1.75. The summed E-state index contributed by atoms with van der Waals surface area (Å²) >= 11 is 0.